The van der Waals surface area contributed by atoms with Gasteiger partial charge < -0.3 is 29.5 Å². The number of piperidine rings is 1. The van der Waals surface area contributed by atoms with Crippen LogP contribution in [0, 0.1) is 30.5 Å². The molecular formula is C36H46FN7O5S. The van der Waals surface area contributed by atoms with Crippen LogP contribution in [0.5, 0.6) is 0 Å². The Balaban J connectivity index is 1.08. The lowest BCUT2D eigenvalue weighted by molar-refractivity contribution is 0.0482. The molecule has 0 unspecified atom stereocenters. The van der Waals surface area contributed by atoms with Crippen LogP contribution < -0.4 is 11.0 Å². The largest absolute Gasteiger partial charge is 0.453 e. The number of methoxy groups -OCH3 is 1. The summed E-state index contributed by atoms with van der Waals surface area (Å²) in [5.74, 6) is 1.22. The van der Waals surface area contributed by atoms with Crippen LogP contribution in [-0.2, 0) is 26.7 Å². The molecule has 1 aliphatic carbocycles. The van der Waals surface area contributed by atoms with Crippen molar-refractivity contribution in [2.24, 2.45) is 17.8 Å². The molecule has 4 aromatic rings. The van der Waals surface area contributed by atoms with Crippen molar-refractivity contribution in [1.82, 2.24) is 34.0 Å². The summed E-state index contributed by atoms with van der Waals surface area (Å²) in [6.07, 6.45) is 8.70. The number of hydrogen-bond acceptors (Lipinski definition) is 7. The molecule has 2 saturated heterocycles. The molecule has 268 valence electrons. The van der Waals surface area contributed by atoms with E-state index in [0.29, 0.717) is 24.1 Å². The van der Waals surface area contributed by atoms with E-state index in [9.17, 15) is 18.0 Å². The number of H-pyrrole nitrogens is 2. The van der Waals surface area contributed by atoms with Crippen LogP contribution in [0.25, 0.3) is 11.0 Å². The van der Waals surface area contributed by atoms with E-state index < -0.39 is 21.5 Å². The van der Waals surface area contributed by atoms with Gasteiger partial charge in [0.15, 0.2) is 0 Å². The molecule has 4 heterocycles. The Bertz CT molecular complexity index is 2000. The third-order valence-corrected chi connectivity index (χ3v) is 13.4. The van der Waals surface area contributed by atoms with Gasteiger partial charge in [-0.25, -0.2) is 27.4 Å². The van der Waals surface area contributed by atoms with Crippen LogP contribution in [0.1, 0.15) is 49.9 Å². The Morgan fingerprint density at radius 1 is 1.08 bits per heavy atom. The molecule has 2 aromatic heterocycles. The standard InChI is InChI=1S/C36H46FN7O5S/c1-24-38-14-18-43(24)17-13-36(27-5-3-6-28(37)19-27,30-7-4-8-31(30)41-35(46)49-2)26-11-15-42(16-12-26)21-25-22-44(23-25)50(47,48)29-9-10-32-33(20-29)40-34(45)39-32/h3,5-6,9-10,14,18-20,25-26,30-31H,4,7-8,11-13,15-17,21-23H2,1-2H3,(H,41,46)(H2,39,40,45)/t30-,31-,36-/m0/s1. The number of benzene rings is 2. The Hall–Kier alpha value is -4.01. The van der Waals surface area contributed by atoms with E-state index in [4.69, 9.17) is 4.74 Å². The average Bonchev–Trinajstić information content (AvgIpc) is 3.82. The summed E-state index contributed by atoms with van der Waals surface area (Å²) < 4.78 is 50.5. The predicted molar refractivity (Wildman–Crippen MR) is 187 cm³/mol. The van der Waals surface area contributed by atoms with Crippen molar-refractivity contribution in [3.05, 3.63) is 82.5 Å². The van der Waals surface area contributed by atoms with Crippen LogP contribution in [0.4, 0.5) is 9.18 Å². The van der Waals surface area contributed by atoms with E-state index in [1.807, 2.05) is 19.3 Å². The Morgan fingerprint density at radius 3 is 2.58 bits per heavy atom. The maximum atomic E-state index is 15.1. The number of aromatic nitrogens is 4. The van der Waals surface area contributed by atoms with E-state index in [0.717, 1.165) is 76.1 Å². The Kier molecular flexibility index (Phi) is 9.61. The number of carbonyl (C=O) groups excluding carboxylic acids is 1. The molecule has 3 fully saturated rings. The number of rotatable bonds is 11. The molecule has 0 bridgehead atoms. The van der Waals surface area contributed by atoms with E-state index in [-0.39, 0.29) is 40.2 Å². The fourth-order valence-electron chi connectivity index (χ4n) is 9.12. The summed E-state index contributed by atoms with van der Waals surface area (Å²) in [6, 6.07) is 11.6. The van der Waals surface area contributed by atoms with Crippen molar-refractivity contribution in [3.8, 4) is 0 Å². The molecular weight excluding hydrogens is 662 g/mol. The van der Waals surface area contributed by atoms with Gasteiger partial charge >= 0.3 is 11.8 Å². The molecule has 0 spiro atoms. The molecule has 3 aliphatic rings. The van der Waals surface area contributed by atoms with Crippen LogP contribution in [0.3, 0.4) is 0 Å². The molecule has 3 atom stereocenters. The zero-order valence-electron chi connectivity index (χ0n) is 28.6. The van der Waals surface area contributed by atoms with Gasteiger partial charge in [-0.3, -0.25) is 0 Å². The van der Waals surface area contributed by atoms with Crippen LogP contribution >= 0.6 is 0 Å². The van der Waals surface area contributed by atoms with Crippen molar-refractivity contribution in [2.75, 3.05) is 39.8 Å². The number of carbonyl (C=O) groups is 1. The second kappa shape index (κ2) is 14.0. The van der Waals surface area contributed by atoms with Crippen molar-refractivity contribution >= 4 is 27.1 Å². The lowest BCUT2D eigenvalue weighted by Gasteiger charge is -2.51. The molecule has 14 heteroatoms. The normalized spacial score (nSPS) is 22.4. The topological polar surface area (TPSA) is 145 Å². The number of nitrogens with zero attached hydrogens (tertiary/aromatic N) is 4. The van der Waals surface area contributed by atoms with Gasteiger partial charge in [-0.15, -0.1) is 0 Å². The molecule has 1 saturated carbocycles. The highest BCUT2D eigenvalue weighted by atomic mass is 32.2. The highest BCUT2D eigenvalue weighted by molar-refractivity contribution is 7.89. The van der Waals surface area contributed by atoms with Crippen molar-refractivity contribution in [1.29, 1.82) is 0 Å². The number of aryl methyl sites for hydroxylation is 2. The van der Waals surface area contributed by atoms with Gasteiger partial charge in [-0.1, -0.05) is 18.6 Å². The maximum absolute atomic E-state index is 15.1. The number of halogens is 1. The monoisotopic (exact) mass is 707 g/mol. The molecule has 0 radical (unpaired) electrons. The number of likely N-dealkylation sites (tertiary alicyclic amines) is 1. The minimum atomic E-state index is -3.67. The van der Waals surface area contributed by atoms with Crippen molar-refractivity contribution in [2.45, 2.75) is 68.3 Å². The van der Waals surface area contributed by atoms with Gasteiger partial charge in [0.1, 0.15) is 11.6 Å². The first-order valence-electron chi connectivity index (χ1n) is 17.6. The Labute approximate surface area is 291 Å². The third kappa shape index (κ3) is 6.60. The number of nitrogens with one attached hydrogen (secondary N) is 3. The summed E-state index contributed by atoms with van der Waals surface area (Å²) >= 11 is 0. The predicted octanol–water partition coefficient (Wildman–Crippen LogP) is 4.39. The molecule has 2 aliphatic heterocycles. The number of sulfonamides is 1. The summed E-state index contributed by atoms with van der Waals surface area (Å²) in [6.45, 7) is 6.14. The smallest absolute Gasteiger partial charge is 0.407 e. The number of hydrogen-bond donors (Lipinski definition) is 3. The molecule has 3 N–H and O–H groups in total. The maximum Gasteiger partial charge on any atom is 0.407 e. The van der Waals surface area contributed by atoms with Crippen LogP contribution in [0.15, 0.2) is 64.5 Å². The minimum absolute atomic E-state index is 0.0891. The first-order chi connectivity index (χ1) is 24.1. The molecule has 12 nitrogen and oxygen atoms in total. The van der Waals surface area contributed by atoms with Gasteiger partial charge in [0, 0.05) is 50.0 Å². The van der Waals surface area contributed by atoms with Gasteiger partial charge in [-0.2, -0.15) is 4.31 Å². The fourth-order valence-corrected chi connectivity index (χ4v) is 10.7. The molecule has 1 amide bonds. The summed E-state index contributed by atoms with van der Waals surface area (Å²) in [7, 11) is -2.28. The average molecular weight is 708 g/mol. The highest BCUT2D eigenvalue weighted by Crippen LogP contribution is 2.53. The second-order valence-corrected chi connectivity index (χ2v) is 16.2. The Morgan fingerprint density at radius 2 is 1.86 bits per heavy atom. The molecule has 7 rings (SSSR count). The van der Waals surface area contributed by atoms with Gasteiger partial charge in [0.05, 0.1) is 23.0 Å². The van der Waals surface area contributed by atoms with E-state index in [1.165, 1.54) is 29.6 Å². The highest BCUT2D eigenvalue weighted by Gasteiger charge is 2.52. The van der Waals surface area contributed by atoms with E-state index in [1.54, 1.807) is 18.2 Å². The quantitative estimate of drug-likeness (QED) is 0.210. The number of aromatic amines is 2. The first kappa shape index (κ1) is 34.4. The third-order valence-electron chi connectivity index (χ3n) is 11.6. The van der Waals surface area contributed by atoms with Crippen LogP contribution in [-0.4, -0.2) is 89.1 Å². The van der Waals surface area contributed by atoms with Gasteiger partial charge in [0.25, 0.3) is 0 Å². The van der Waals surface area contributed by atoms with Crippen molar-refractivity contribution in [3.63, 3.8) is 0 Å². The number of fused-ring (bicyclic) bond motifs is 1. The lowest BCUT2D eigenvalue weighted by Crippen LogP contribution is -2.56. The minimum Gasteiger partial charge on any atom is -0.453 e. The first-order valence-corrected chi connectivity index (χ1v) is 19.0. The molecule has 50 heavy (non-hydrogen) atoms. The number of imidazole rings is 2. The molecule has 2 aromatic carbocycles. The van der Waals surface area contributed by atoms with Gasteiger partial charge in [0.2, 0.25) is 10.0 Å². The van der Waals surface area contributed by atoms with Crippen molar-refractivity contribution < 1.29 is 22.3 Å². The summed E-state index contributed by atoms with van der Waals surface area (Å²) in [5, 5.41) is 3.14. The van der Waals surface area contributed by atoms with Crippen LogP contribution in [0.2, 0.25) is 0 Å². The fraction of sp³-hybridized carbons (Fsp3) is 0.528. The number of amides is 1. The zero-order chi connectivity index (χ0) is 35.0. The number of alkyl carbamates (subject to hydrolysis) is 1. The number of ether oxygens (including phenoxy) is 1. The van der Waals surface area contributed by atoms with Gasteiger partial charge in [-0.05, 0) is 106 Å². The van der Waals surface area contributed by atoms with E-state index >= 15 is 4.39 Å². The summed E-state index contributed by atoms with van der Waals surface area (Å²) in [5.41, 5.74) is 1.25. The lowest BCUT2D eigenvalue weighted by atomic mass is 9.56. The summed E-state index contributed by atoms with van der Waals surface area (Å²) in [4.78, 5) is 36.5. The SMILES string of the molecule is COC(=O)N[C@H]1CCC[C@@H]1[C@](CCn1ccnc1C)(c1cccc(F)c1)C1CCN(CC2CN(S(=O)(=O)c3ccc4[nH]c(=O)[nH]c4c3)C2)CC1. The second-order valence-electron chi connectivity index (χ2n) is 14.3. The zero-order valence-corrected chi connectivity index (χ0v) is 29.4. The van der Waals surface area contributed by atoms with E-state index in [2.05, 4.69) is 35.8 Å².